The van der Waals surface area contributed by atoms with Crippen LogP contribution < -0.4 is 9.64 Å². The summed E-state index contributed by atoms with van der Waals surface area (Å²) in [5.74, 6) is 2.11. The minimum Gasteiger partial charge on any atom is -0.476 e. The zero-order valence-corrected chi connectivity index (χ0v) is 15.5. The van der Waals surface area contributed by atoms with Crippen molar-refractivity contribution in [3.05, 3.63) is 24.3 Å². The number of carbonyl (C=O) groups excluding carboxylic acids is 2. The maximum Gasteiger partial charge on any atom is 0.265 e. The van der Waals surface area contributed by atoms with Gasteiger partial charge in [0.05, 0.1) is 25.4 Å². The van der Waals surface area contributed by atoms with Crippen molar-refractivity contribution in [1.82, 2.24) is 4.90 Å². The van der Waals surface area contributed by atoms with E-state index in [-0.39, 0.29) is 17.7 Å². The summed E-state index contributed by atoms with van der Waals surface area (Å²) in [6.07, 6.45) is 4.00. The number of ether oxygens (including phenoxy) is 2. The molecule has 0 spiro atoms. The van der Waals surface area contributed by atoms with Crippen LogP contribution in [0.25, 0.3) is 0 Å². The SMILES string of the molecule is O=C([C@H]1CN(C(=O)[C@@H]2C[C@H]3CC[C@H]2C3)c2ccccc2O1)N1CCOCC1. The molecule has 27 heavy (non-hydrogen) atoms. The molecule has 2 heterocycles. The van der Waals surface area contributed by atoms with Gasteiger partial charge in [-0.05, 0) is 43.2 Å². The largest absolute Gasteiger partial charge is 0.476 e. The van der Waals surface area contributed by atoms with Gasteiger partial charge in [-0.3, -0.25) is 9.59 Å². The molecule has 3 fully saturated rings. The van der Waals surface area contributed by atoms with Gasteiger partial charge in [0.1, 0.15) is 5.75 Å². The van der Waals surface area contributed by atoms with E-state index < -0.39 is 6.10 Å². The van der Waals surface area contributed by atoms with E-state index in [0.29, 0.717) is 50.4 Å². The van der Waals surface area contributed by atoms with Gasteiger partial charge in [-0.2, -0.15) is 0 Å². The van der Waals surface area contributed by atoms with Crippen molar-refractivity contribution in [3.8, 4) is 5.75 Å². The van der Waals surface area contributed by atoms with Gasteiger partial charge in [0.2, 0.25) is 5.91 Å². The quantitative estimate of drug-likeness (QED) is 0.800. The Hall–Kier alpha value is -2.08. The van der Waals surface area contributed by atoms with Crippen LogP contribution in [0, 0.1) is 17.8 Å². The van der Waals surface area contributed by atoms with Gasteiger partial charge in [0.25, 0.3) is 5.91 Å². The van der Waals surface area contributed by atoms with Crippen LogP contribution in [-0.2, 0) is 14.3 Å². The molecule has 1 aromatic carbocycles. The highest BCUT2D eigenvalue weighted by Crippen LogP contribution is 2.49. The van der Waals surface area contributed by atoms with Gasteiger partial charge in [0, 0.05) is 19.0 Å². The van der Waals surface area contributed by atoms with Gasteiger partial charge in [0.15, 0.2) is 6.10 Å². The van der Waals surface area contributed by atoms with Crippen LogP contribution in [0.5, 0.6) is 5.75 Å². The number of para-hydroxylation sites is 2. The maximum atomic E-state index is 13.4. The minimum absolute atomic E-state index is 0.0430. The van der Waals surface area contributed by atoms with Gasteiger partial charge >= 0.3 is 0 Å². The number of hydrogen-bond acceptors (Lipinski definition) is 4. The highest BCUT2D eigenvalue weighted by atomic mass is 16.5. The summed E-state index contributed by atoms with van der Waals surface area (Å²) in [4.78, 5) is 30.0. The van der Waals surface area contributed by atoms with Gasteiger partial charge in [-0.25, -0.2) is 0 Å². The summed E-state index contributed by atoms with van der Waals surface area (Å²) in [7, 11) is 0. The zero-order valence-electron chi connectivity index (χ0n) is 15.5. The number of anilines is 1. The van der Waals surface area contributed by atoms with Crippen molar-refractivity contribution >= 4 is 17.5 Å². The first kappa shape index (κ1) is 17.0. The number of morpholine rings is 1. The Balaban J connectivity index is 1.40. The molecule has 4 aliphatic rings. The number of hydrogen-bond donors (Lipinski definition) is 0. The number of amides is 2. The number of nitrogens with zero attached hydrogens (tertiary/aromatic N) is 2. The monoisotopic (exact) mass is 370 g/mol. The summed E-state index contributed by atoms with van der Waals surface area (Å²) in [5, 5.41) is 0. The van der Waals surface area contributed by atoms with E-state index in [9.17, 15) is 9.59 Å². The topological polar surface area (TPSA) is 59.1 Å². The molecule has 1 saturated heterocycles. The average Bonchev–Trinajstić information content (AvgIpc) is 3.36. The lowest BCUT2D eigenvalue weighted by Gasteiger charge is -2.39. The fourth-order valence-corrected chi connectivity index (χ4v) is 5.31. The van der Waals surface area contributed by atoms with Crippen molar-refractivity contribution in [2.24, 2.45) is 17.8 Å². The second-order valence-electron chi connectivity index (χ2n) is 8.24. The summed E-state index contributed by atoms with van der Waals surface area (Å²) in [6, 6.07) is 7.60. The maximum absolute atomic E-state index is 13.4. The fourth-order valence-electron chi connectivity index (χ4n) is 5.31. The molecule has 6 nitrogen and oxygen atoms in total. The minimum atomic E-state index is -0.638. The Morgan fingerprint density at radius 3 is 2.56 bits per heavy atom. The second kappa shape index (κ2) is 6.82. The van der Waals surface area contributed by atoms with Crippen molar-refractivity contribution in [2.75, 3.05) is 37.7 Å². The predicted molar refractivity (Wildman–Crippen MR) is 99.5 cm³/mol. The summed E-state index contributed by atoms with van der Waals surface area (Å²) in [5.41, 5.74) is 0.802. The highest BCUT2D eigenvalue weighted by molar-refractivity contribution is 5.99. The summed E-state index contributed by atoms with van der Waals surface area (Å²) >= 11 is 0. The molecule has 0 aromatic heterocycles. The van der Waals surface area contributed by atoms with E-state index in [2.05, 4.69) is 0 Å². The van der Waals surface area contributed by atoms with Crippen molar-refractivity contribution in [3.63, 3.8) is 0 Å². The van der Waals surface area contributed by atoms with Crippen LogP contribution in [-0.4, -0.2) is 55.7 Å². The third-order valence-corrected chi connectivity index (χ3v) is 6.69. The van der Waals surface area contributed by atoms with Crippen LogP contribution in [0.3, 0.4) is 0 Å². The Morgan fingerprint density at radius 2 is 1.81 bits per heavy atom. The standard InChI is InChI=1S/C21H26N2O4/c24-20(16-12-14-5-6-15(16)11-14)23-13-19(21(25)22-7-9-26-10-8-22)27-18-4-2-1-3-17(18)23/h1-4,14-16,19H,5-13H2/t14-,15-,16+,19+/m0/s1. The van der Waals surface area contributed by atoms with Crippen LogP contribution in [0.1, 0.15) is 25.7 Å². The first-order valence-electron chi connectivity index (χ1n) is 10.1. The molecule has 5 rings (SSSR count). The fraction of sp³-hybridized carbons (Fsp3) is 0.619. The smallest absolute Gasteiger partial charge is 0.265 e. The van der Waals surface area contributed by atoms with Crippen LogP contribution in [0.4, 0.5) is 5.69 Å². The van der Waals surface area contributed by atoms with E-state index in [4.69, 9.17) is 9.47 Å². The van der Waals surface area contributed by atoms with Crippen LogP contribution in [0.2, 0.25) is 0 Å². The lowest BCUT2D eigenvalue weighted by atomic mass is 9.87. The zero-order chi connectivity index (χ0) is 18.4. The van der Waals surface area contributed by atoms with E-state index in [1.807, 2.05) is 29.2 Å². The highest BCUT2D eigenvalue weighted by Gasteiger charge is 2.46. The summed E-state index contributed by atoms with van der Waals surface area (Å²) < 4.78 is 11.4. The second-order valence-corrected chi connectivity index (χ2v) is 8.24. The third kappa shape index (κ3) is 3.00. The van der Waals surface area contributed by atoms with Gasteiger partial charge < -0.3 is 19.3 Å². The molecular weight excluding hydrogens is 344 g/mol. The van der Waals surface area contributed by atoms with Gasteiger partial charge in [-0.15, -0.1) is 0 Å². The molecule has 0 N–H and O–H groups in total. The molecule has 144 valence electrons. The Labute approximate surface area is 159 Å². The molecule has 2 amide bonds. The van der Waals surface area contributed by atoms with Crippen molar-refractivity contribution in [1.29, 1.82) is 0 Å². The molecule has 1 aromatic rings. The predicted octanol–water partition coefficient (Wildman–Crippen LogP) is 2.08. The average molecular weight is 370 g/mol. The third-order valence-electron chi connectivity index (χ3n) is 6.69. The molecule has 2 aliphatic heterocycles. The number of carbonyl (C=O) groups is 2. The molecule has 0 radical (unpaired) electrons. The van der Waals surface area contributed by atoms with E-state index in [1.54, 1.807) is 4.90 Å². The van der Waals surface area contributed by atoms with E-state index >= 15 is 0 Å². The lowest BCUT2D eigenvalue weighted by molar-refractivity contribution is -0.143. The van der Waals surface area contributed by atoms with E-state index in [1.165, 1.54) is 19.3 Å². The van der Waals surface area contributed by atoms with E-state index in [0.717, 1.165) is 12.1 Å². The number of benzene rings is 1. The Morgan fingerprint density at radius 1 is 1.00 bits per heavy atom. The number of rotatable bonds is 2. The Bertz CT molecular complexity index is 745. The first-order valence-corrected chi connectivity index (χ1v) is 10.1. The Kier molecular flexibility index (Phi) is 4.31. The van der Waals surface area contributed by atoms with Crippen molar-refractivity contribution < 1.29 is 19.1 Å². The molecule has 2 aliphatic carbocycles. The molecule has 6 heteroatoms. The van der Waals surface area contributed by atoms with Crippen LogP contribution >= 0.6 is 0 Å². The molecule has 4 atom stereocenters. The number of fused-ring (bicyclic) bond motifs is 3. The molecule has 0 unspecified atom stereocenters. The lowest BCUT2D eigenvalue weighted by Crippen LogP contribution is -2.55. The molecule has 2 saturated carbocycles. The normalized spacial score (nSPS) is 32.1. The van der Waals surface area contributed by atoms with Crippen molar-refractivity contribution in [2.45, 2.75) is 31.8 Å². The van der Waals surface area contributed by atoms with Crippen LogP contribution in [0.15, 0.2) is 24.3 Å². The molecule has 2 bridgehead atoms. The van der Waals surface area contributed by atoms with Gasteiger partial charge in [-0.1, -0.05) is 18.6 Å². The first-order chi connectivity index (χ1) is 13.2. The summed E-state index contributed by atoms with van der Waals surface area (Å²) in [6.45, 7) is 2.59. The molecular formula is C21H26N2O4.